The van der Waals surface area contributed by atoms with Gasteiger partial charge in [0, 0.05) is 37.1 Å². The predicted molar refractivity (Wildman–Crippen MR) is 75.9 cm³/mol. The number of morpholine rings is 1. The number of aryl methyl sites for hydroxylation is 1. The lowest BCUT2D eigenvalue weighted by Crippen LogP contribution is -2.40. The summed E-state index contributed by atoms with van der Waals surface area (Å²) in [5.41, 5.74) is 1.02. The zero-order valence-corrected chi connectivity index (χ0v) is 12.4. The third kappa shape index (κ3) is 4.01. The van der Waals surface area contributed by atoms with Gasteiger partial charge in [0.05, 0.1) is 24.7 Å². The molecule has 6 heteroatoms. The van der Waals surface area contributed by atoms with E-state index in [-0.39, 0.29) is 12.0 Å². The van der Waals surface area contributed by atoms with Crippen LogP contribution in [0.5, 0.6) is 0 Å². The minimum atomic E-state index is -0.0774. The number of hydrogen-bond acceptors (Lipinski definition) is 6. The molecule has 106 valence electrons. The Bertz CT molecular complexity index is 516. The summed E-state index contributed by atoms with van der Waals surface area (Å²) in [6, 6.07) is 4.40. The maximum absolute atomic E-state index is 9.14. The maximum Gasteiger partial charge on any atom is 0.123 e. The van der Waals surface area contributed by atoms with Crippen LogP contribution in [0.3, 0.4) is 0 Å². The van der Waals surface area contributed by atoms with Crippen LogP contribution in [0.25, 0.3) is 0 Å². The molecule has 1 aliphatic heterocycles. The maximum atomic E-state index is 9.14. The molecule has 1 aliphatic rings. The molecule has 0 aromatic carbocycles. The Labute approximate surface area is 123 Å². The van der Waals surface area contributed by atoms with Gasteiger partial charge in [-0.2, -0.15) is 10.5 Å². The first-order valence-electron chi connectivity index (χ1n) is 6.75. The standard InChI is InChI=1S/C14H18N4OS/c1-11-10-20-14(17-11)13-9-18(5-6-19-13)8-12(7-16)3-2-4-15/h10,12-13H,2-3,5-6,8-9H2,1H3/t12-,13-/m0/s1. The van der Waals surface area contributed by atoms with Crippen molar-refractivity contribution >= 4 is 11.3 Å². The van der Waals surface area contributed by atoms with E-state index in [2.05, 4.69) is 22.0 Å². The Morgan fingerprint density at radius 1 is 1.60 bits per heavy atom. The van der Waals surface area contributed by atoms with E-state index < -0.39 is 0 Å². The van der Waals surface area contributed by atoms with Crippen molar-refractivity contribution in [1.29, 1.82) is 10.5 Å². The second kappa shape index (κ2) is 7.35. The fourth-order valence-electron chi connectivity index (χ4n) is 2.28. The summed E-state index contributed by atoms with van der Waals surface area (Å²) in [5, 5.41) is 20.8. The molecule has 0 bridgehead atoms. The van der Waals surface area contributed by atoms with Crippen LogP contribution in [0.1, 0.15) is 29.6 Å². The van der Waals surface area contributed by atoms with Crippen LogP contribution in [0.2, 0.25) is 0 Å². The molecular weight excluding hydrogens is 272 g/mol. The summed E-state index contributed by atoms with van der Waals surface area (Å²) >= 11 is 1.63. The van der Waals surface area contributed by atoms with Gasteiger partial charge in [0.2, 0.25) is 0 Å². The number of nitrogens with zero attached hydrogens (tertiary/aromatic N) is 4. The quantitative estimate of drug-likeness (QED) is 0.831. The highest BCUT2D eigenvalue weighted by Crippen LogP contribution is 2.25. The SMILES string of the molecule is Cc1csc([C@@H]2CN(C[C@H](C#N)CCC#N)CCO2)n1. The lowest BCUT2D eigenvalue weighted by atomic mass is 10.0. The summed E-state index contributed by atoms with van der Waals surface area (Å²) in [6.07, 6.45) is 1.10. The zero-order valence-electron chi connectivity index (χ0n) is 11.6. The summed E-state index contributed by atoms with van der Waals surface area (Å²) in [5.74, 6) is -0.0774. The highest BCUT2D eigenvalue weighted by atomic mass is 32.1. The number of ether oxygens (including phenoxy) is 1. The van der Waals surface area contributed by atoms with Crippen LogP contribution in [0.4, 0.5) is 0 Å². The van der Waals surface area contributed by atoms with Crippen molar-refractivity contribution < 1.29 is 4.74 Å². The molecule has 1 aromatic heterocycles. The lowest BCUT2D eigenvalue weighted by Gasteiger charge is -2.32. The van der Waals surface area contributed by atoms with Gasteiger partial charge >= 0.3 is 0 Å². The number of rotatable bonds is 5. The molecule has 0 N–H and O–H groups in total. The highest BCUT2D eigenvalue weighted by molar-refractivity contribution is 7.09. The van der Waals surface area contributed by atoms with Crippen molar-refractivity contribution in [2.24, 2.45) is 5.92 Å². The van der Waals surface area contributed by atoms with Crippen molar-refractivity contribution in [3.05, 3.63) is 16.1 Å². The Hall–Kier alpha value is -1.47. The smallest absolute Gasteiger partial charge is 0.123 e. The Kier molecular flexibility index (Phi) is 5.49. The topological polar surface area (TPSA) is 72.9 Å². The molecule has 0 amide bonds. The van der Waals surface area contributed by atoms with Gasteiger partial charge in [-0.25, -0.2) is 4.98 Å². The van der Waals surface area contributed by atoms with Crippen molar-refractivity contribution in [2.45, 2.75) is 25.9 Å². The molecule has 20 heavy (non-hydrogen) atoms. The second-order valence-corrected chi connectivity index (χ2v) is 5.86. The summed E-state index contributed by atoms with van der Waals surface area (Å²) in [7, 11) is 0. The van der Waals surface area contributed by atoms with E-state index in [9.17, 15) is 0 Å². The van der Waals surface area contributed by atoms with E-state index in [0.29, 0.717) is 26.0 Å². The van der Waals surface area contributed by atoms with E-state index >= 15 is 0 Å². The largest absolute Gasteiger partial charge is 0.368 e. The predicted octanol–water partition coefficient (Wildman–Crippen LogP) is 2.27. The molecule has 2 rings (SSSR count). The van der Waals surface area contributed by atoms with Gasteiger partial charge in [0.25, 0.3) is 0 Å². The molecule has 0 radical (unpaired) electrons. The lowest BCUT2D eigenvalue weighted by molar-refractivity contribution is -0.0329. The van der Waals surface area contributed by atoms with Crippen molar-refractivity contribution in [3.63, 3.8) is 0 Å². The van der Waals surface area contributed by atoms with E-state index in [0.717, 1.165) is 23.8 Å². The zero-order chi connectivity index (χ0) is 14.4. The minimum Gasteiger partial charge on any atom is -0.368 e. The first-order valence-corrected chi connectivity index (χ1v) is 7.63. The van der Waals surface area contributed by atoms with E-state index in [1.807, 2.05) is 12.3 Å². The van der Waals surface area contributed by atoms with Crippen LogP contribution in [-0.2, 0) is 4.74 Å². The molecule has 0 saturated carbocycles. The van der Waals surface area contributed by atoms with E-state index in [1.165, 1.54) is 0 Å². The van der Waals surface area contributed by atoms with Crippen molar-refractivity contribution in [3.8, 4) is 12.1 Å². The van der Waals surface area contributed by atoms with Crippen molar-refractivity contribution in [2.75, 3.05) is 26.2 Å². The third-order valence-corrected chi connectivity index (χ3v) is 4.38. The van der Waals surface area contributed by atoms with Gasteiger partial charge in [-0.15, -0.1) is 11.3 Å². The molecule has 1 saturated heterocycles. The fraction of sp³-hybridized carbons (Fsp3) is 0.643. The normalized spacial score (nSPS) is 21.1. The number of thiazole rings is 1. The summed E-state index contributed by atoms with van der Waals surface area (Å²) < 4.78 is 5.77. The highest BCUT2D eigenvalue weighted by Gasteiger charge is 2.25. The van der Waals surface area contributed by atoms with E-state index in [4.69, 9.17) is 15.3 Å². The average Bonchev–Trinajstić information content (AvgIpc) is 2.90. The first-order chi connectivity index (χ1) is 9.72. The van der Waals surface area contributed by atoms with E-state index in [1.54, 1.807) is 11.3 Å². The Balaban J connectivity index is 1.90. The number of hydrogen-bond donors (Lipinski definition) is 0. The molecule has 5 nitrogen and oxygen atoms in total. The van der Waals surface area contributed by atoms with Crippen LogP contribution >= 0.6 is 11.3 Å². The van der Waals surface area contributed by atoms with Crippen LogP contribution in [-0.4, -0.2) is 36.1 Å². The molecule has 2 heterocycles. The Morgan fingerprint density at radius 3 is 3.10 bits per heavy atom. The van der Waals surface area contributed by atoms with Crippen molar-refractivity contribution in [1.82, 2.24) is 9.88 Å². The molecule has 0 unspecified atom stereocenters. The Morgan fingerprint density at radius 2 is 2.45 bits per heavy atom. The van der Waals surface area contributed by atoms with Crippen LogP contribution in [0, 0.1) is 35.5 Å². The molecule has 2 atom stereocenters. The minimum absolute atomic E-state index is 0.0118. The monoisotopic (exact) mass is 290 g/mol. The third-order valence-electron chi connectivity index (χ3n) is 3.33. The second-order valence-electron chi connectivity index (χ2n) is 4.97. The number of nitriles is 2. The summed E-state index contributed by atoms with van der Waals surface area (Å²) in [4.78, 5) is 6.72. The first kappa shape index (κ1) is 14.9. The fourth-order valence-corrected chi connectivity index (χ4v) is 3.12. The van der Waals surface area contributed by atoms with Gasteiger partial charge in [0.1, 0.15) is 11.1 Å². The van der Waals surface area contributed by atoms with Crippen LogP contribution < -0.4 is 0 Å². The average molecular weight is 290 g/mol. The van der Waals surface area contributed by atoms with Gasteiger partial charge < -0.3 is 4.74 Å². The molecular formula is C14H18N4OS. The summed E-state index contributed by atoms with van der Waals surface area (Å²) in [6.45, 7) is 4.97. The molecule has 0 aliphatic carbocycles. The van der Waals surface area contributed by atoms with Gasteiger partial charge in [-0.3, -0.25) is 4.90 Å². The van der Waals surface area contributed by atoms with Crippen LogP contribution in [0.15, 0.2) is 5.38 Å². The van der Waals surface area contributed by atoms with Gasteiger partial charge in [-0.1, -0.05) is 0 Å². The molecule has 1 fully saturated rings. The number of aromatic nitrogens is 1. The van der Waals surface area contributed by atoms with Gasteiger partial charge in [0.15, 0.2) is 0 Å². The van der Waals surface area contributed by atoms with Gasteiger partial charge in [-0.05, 0) is 13.3 Å². The molecule has 0 spiro atoms. The molecule has 1 aromatic rings.